The lowest BCUT2D eigenvalue weighted by molar-refractivity contribution is -0.136. The van der Waals surface area contributed by atoms with Gasteiger partial charge < -0.3 is 5.11 Å². The summed E-state index contributed by atoms with van der Waals surface area (Å²) < 4.78 is 26.8. The van der Waals surface area contributed by atoms with Gasteiger partial charge in [0.1, 0.15) is 0 Å². The third kappa shape index (κ3) is 4.37. The van der Waals surface area contributed by atoms with Crippen LogP contribution in [0, 0.1) is 0 Å². The highest BCUT2D eigenvalue weighted by atomic mass is 32.2. The van der Waals surface area contributed by atoms with Crippen LogP contribution in [0.1, 0.15) is 18.2 Å². The summed E-state index contributed by atoms with van der Waals surface area (Å²) in [5, 5.41) is 8.84. The molecule has 0 spiro atoms. The van der Waals surface area contributed by atoms with Crippen LogP contribution in [-0.2, 0) is 27.8 Å². The van der Waals surface area contributed by atoms with E-state index in [9.17, 15) is 13.2 Å². The molecule has 1 N–H and O–H groups in total. The highest BCUT2D eigenvalue weighted by Gasteiger charge is 2.24. The first-order valence-corrected chi connectivity index (χ1v) is 8.58. The number of carboxylic acid groups (broad SMARTS) is 1. The van der Waals surface area contributed by atoms with Gasteiger partial charge in [-0.2, -0.15) is 4.31 Å². The number of sulfonamides is 1. The maximum atomic E-state index is 12.8. The van der Waals surface area contributed by atoms with Crippen LogP contribution in [0.25, 0.3) is 0 Å². The Balaban J connectivity index is 2.30. The second kappa shape index (κ2) is 7.34. The fourth-order valence-corrected chi connectivity index (χ4v) is 3.67. The van der Waals surface area contributed by atoms with Crippen LogP contribution in [0.5, 0.6) is 0 Å². The molecule has 0 fully saturated rings. The quantitative estimate of drug-likeness (QED) is 0.836. The van der Waals surface area contributed by atoms with Crippen LogP contribution in [0.15, 0.2) is 53.6 Å². The number of aromatic nitrogens is 1. The summed E-state index contributed by atoms with van der Waals surface area (Å²) in [4.78, 5) is 15.0. The van der Waals surface area contributed by atoms with Gasteiger partial charge in [0.05, 0.1) is 23.6 Å². The van der Waals surface area contributed by atoms with Crippen molar-refractivity contribution in [1.29, 1.82) is 0 Å². The summed E-state index contributed by atoms with van der Waals surface area (Å²) in [5.74, 6) is -1.000. The van der Waals surface area contributed by atoms with Crippen LogP contribution < -0.4 is 0 Å². The number of rotatable bonds is 7. The van der Waals surface area contributed by atoms with E-state index in [0.717, 1.165) is 0 Å². The van der Waals surface area contributed by atoms with E-state index in [2.05, 4.69) is 4.98 Å². The molecule has 23 heavy (non-hydrogen) atoms. The van der Waals surface area contributed by atoms with Crippen molar-refractivity contribution in [2.45, 2.75) is 24.8 Å². The van der Waals surface area contributed by atoms with Crippen LogP contribution in [0.3, 0.4) is 0 Å². The molecular weight excluding hydrogens is 316 g/mol. The van der Waals surface area contributed by atoms with Gasteiger partial charge in [-0.15, -0.1) is 0 Å². The zero-order chi connectivity index (χ0) is 16.9. The largest absolute Gasteiger partial charge is 0.481 e. The molecule has 0 unspecified atom stereocenters. The van der Waals surface area contributed by atoms with Gasteiger partial charge in [-0.1, -0.05) is 25.1 Å². The molecule has 6 nitrogen and oxygen atoms in total. The number of benzene rings is 1. The molecule has 1 heterocycles. The van der Waals surface area contributed by atoms with Crippen LogP contribution in [-0.4, -0.2) is 35.3 Å². The molecule has 0 bridgehead atoms. The van der Waals surface area contributed by atoms with Crippen LogP contribution in [0.2, 0.25) is 0 Å². The summed E-state index contributed by atoms with van der Waals surface area (Å²) >= 11 is 0. The molecular formula is C16H18N2O4S. The molecule has 2 rings (SSSR count). The number of carbonyl (C=O) groups is 1. The Morgan fingerprint density at radius 1 is 1.22 bits per heavy atom. The van der Waals surface area contributed by atoms with E-state index in [-0.39, 0.29) is 17.9 Å². The normalized spacial score (nSPS) is 11.6. The maximum absolute atomic E-state index is 12.8. The van der Waals surface area contributed by atoms with Crippen molar-refractivity contribution < 1.29 is 18.3 Å². The van der Waals surface area contributed by atoms with Gasteiger partial charge in [0.2, 0.25) is 10.0 Å². The van der Waals surface area contributed by atoms with E-state index in [1.165, 1.54) is 16.4 Å². The first-order chi connectivity index (χ1) is 10.9. The van der Waals surface area contributed by atoms with Gasteiger partial charge in [0, 0.05) is 12.7 Å². The zero-order valence-corrected chi connectivity index (χ0v) is 13.5. The summed E-state index contributed by atoms with van der Waals surface area (Å²) in [7, 11) is -3.71. The summed E-state index contributed by atoms with van der Waals surface area (Å²) in [6.07, 6.45) is 1.40. The van der Waals surface area contributed by atoms with E-state index in [1.807, 2.05) is 0 Å². The highest BCUT2D eigenvalue weighted by Crippen LogP contribution is 2.19. The van der Waals surface area contributed by atoms with E-state index in [0.29, 0.717) is 17.8 Å². The van der Waals surface area contributed by atoms with Gasteiger partial charge in [0.15, 0.2) is 0 Å². The average molecular weight is 334 g/mol. The lowest BCUT2D eigenvalue weighted by Crippen LogP contribution is -2.30. The van der Waals surface area contributed by atoms with Gasteiger partial charge in [-0.25, -0.2) is 8.42 Å². The molecule has 0 aliphatic rings. The summed E-state index contributed by atoms with van der Waals surface area (Å²) in [6, 6.07) is 11.4. The lowest BCUT2D eigenvalue weighted by atomic mass is 10.2. The summed E-state index contributed by atoms with van der Waals surface area (Å²) in [6.45, 7) is 2.21. The molecule has 0 aliphatic heterocycles. The minimum absolute atomic E-state index is 0.0917. The van der Waals surface area contributed by atoms with Crippen molar-refractivity contribution in [3.8, 4) is 0 Å². The first-order valence-electron chi connectivity index (χ1n) is 7.14. The van der Waals surface area contributed by atoms with E-state index >= 15 is 0 Å². The molecule has 0 radical (unpaired) electrons. The van der Waals surface area contributed by atoms with E-state index in [1.54, 1.807) is 43.5 Å². The van der Waals surface area contributed by atoms with Crippen molar-refractivity contribution in [3.63, 3.8) is 0 Å². The standard InChI is InChI=1S/C16H18N2O4S/c1-2-18(12-14-7-3-4-9-17-14)23(21,22)15-8-5-6-13(10-15)11-16(19)20/h3-10H,2,11-12H2,1H3,(H,19,20). The van der Waals surface area contributed by atoms with Gasteiger partial charge in [-0.3, -0.25) is 9.78 Å². The Bertz CT molecular complexity index is 776. The summed E-state index contributed by atoms with van der Waals surface area (Å²) in [5.41, 5.74) is 1.10. The third-order valence-corrected chi connectivity index (χ3v) is 5.23. The number of nitrogens with zero attached hydrogens (tertiary/aromatic N) is 2. The number of aliphatic carboxylic acids is 1. The Labute approximate surface area is 135 Å². The topological polar surface area (TPSA) is 87.6 Å². The smallest absolute Gasteiger partial charge is 0.307 e. The van der Waals surface area contributed by atoms with Crippen molar-refractivity contribution in [1.82, 2.24) is 9.29 Å². The average Bonchev–Trinajstić information content (AvgIpc) is 2.53. The van der Waals surface area contributed by atoms with Gasteiger partial charge >= 0.3 is 5.97 Å². The van der Waals surface area contributed by atoms with E-state index < -0.39 is 16.0 Å². The SMILES string of the molecule is CCN(Cc1ccccn1)S(=O)(=O)c1cccc(CC(=O)O)c1. The second-order valence-electron chi connectivity index (χ2n) is 4.97. The number of carboxylic acids is 1. The fraction of sp³-hybridized carbons (Fsp3) is 0.250. The Morgan fingerprint density at radius 2 is 2.00 bits per heavy atom. The maximum Gasteiger partial charge on any atom is 0.307 e. The predicted octanol–water partition coefficient (Wildman–Crippen LogP) is 1.92. The first kappa shape index (κ1) is 17.1. The molecule has 122 valence electrons. The van der Waals surface area contributed by atoms with Crippen LogP contribution in [0.4, 0.5) is 0 Å². The minimum Gasteiger partial charge on any atom is -0.481 e. The monoisotopic (exact) mass is 334 g/mol. The van der Waals surface area contributed by atoms with Crippen LogP contribution >= 0.6 is 0 Å². The highest BCUT2D eigenvalue weighted by molar-refractivity contribution is 7.89. The molecule has 1 aromatic heterocycles. The third-order valence-electron chi connectivity index (χ3n) is 3.31. The number of pyridine rings is 1. The van der Waals surface area contributed by atoms with Crippen molar-refractivity contribution in [3.05, 3.63) is 59.9 Å². The molecule has 0 saturated carbocycles. The Kier molecular flexibility index (Phi) is 5.46. The molecule has 0 atom stereocenters. The predicted molar refractivity (Wildman–Crippen MR) is 85.3 cm³/mol. The van der Waals surface area contributed by atoms with Gasteiger partial charge in [-0.05, 0) is 29.8 Å². The molecule has 0 amide bonds. The Morgan fingerprint density at radius 3 is 2.61 bits per heavy atom. The number of hydrogen-bond acceptors (Lipinski definition) is 4. The zero-order valence-electron chi connectivity index (χ0n) is 12.7. The second-order valence-corrected chi connectivity index (χ2v) is 6.91. The molecule has 1 aromatic carbocycles. The minimum atomic E-state index is -3.71. The van der Waals surface area contributed by atoms with Crippen molar-refractivity contribution in [2.75, 3.05) is 6.54 Å². The molecule has 0 saturated heterocycles. The number of hydrogen-bond donors (Lipinski definition) is 1. The Hall–Kier alpha value is -2.25. The van der Waals surface area contributed by atoms with Crippen molar-refractivity contribution in [2.24, 2.45) is 0 Å². The van der Waals surface area contributed by atoms with Gasteiger partial charge in [0.25, 0.3) is 0 Å². The van der Waals surface area contributed by atoms with Crippen molar-refractivity contribution >= 4 is 16.0 Å². The lowest BCUT2D eigenvalue weighted by Gasteiger charge is -2.20. The molecule has 7 heteroatoms. The fourth-order valence-electron chi connectivity index (χ4n) is 2.18. The molecule has 0 aliphatic carbocycles. The van der Waals surface area contributed by atoms with E-state index in [4.69, 9.17) is 5.11 Å². The molecule has 2 aromatic rings.